The first-order chi connectivity index (χ1) is 17.7. The summed E-state index contributed by atoms with van der Waals surface area (Å²) in [7, 11) is 0. The SMILES string of the molecule is O=C(c1cnc2ccccc2c1)N1CCN(Cc2cccc(-c3noc(-c4cccnc4)n3)c2)CC1. The van der Waals surface area contributed by atoms with Gasteiger partial charge in [-0.3, -0.25) is 19.7 Å². The van der Waals surface area contributed by atoms with E-state index >= 15 is 0 Å². The molecule has 0 atom stereocenters. The monoisotopic (exact) mass is 476 g/mol. The quantitative estimate of drug-likeness (QED) is 0.374. The van der Waals surface area contributed by atoms with Gasteiger partial charge in [0.05, 0.1) is 16.6 Å². The van der Waals surface area contributed by atoms with E-state index in [4.69, 9.17) is 4.52 Å². The maximum absolute atomic E-state index is 13.1. The third kappa shape index (κ3) is 4.58. The molecule has 8 heteroatoms. The Bertz CT molecular complexity index is 1510. The summed E-state index contributed by atoms with van der Waals surface area (Å²) in [6.07, 6.45) is 5.09. The molecule has 36 heavy (non-hydrogen) atoms. The number of benzene rings is 2. The van der Waals surface area contributed by atoms with Gasteiger partial charge in [0, 0.05) is 62.3 Å². The fourth-order valence-corrected chi connectivity index (χ4v) is 4.49. The lowest BCUT2D eigenvalue weighted by Gasteiger charge is -2.34. The topological polar surface area (TPSA) is 88.3 Å². The van der Waals surface area contributed by atoms with Gasteiger partial charge in [0.1, 0.15) is 0 Å². The van der Waals surface area contributed by atoms with Crippen LogP contribution in [0.25, 0.3) is 33.7 Å². The summed E-state index contributed by atoms with van der Waals surface area (Å²) in [4.78, 5) is 30.4. The molecule has 0 N–H and O–H groups in total. The third-order valence-corrected chi connectivity index (χ3v) is 6.42. The predicted octanol–water partition coefficient (Wildman–Crippen LogP) is 4.30. The van der Waals surface area contributed by atoms with Crippen LogP contribution in [-0.2, 0) is 6.54 Å². The lowest BCUT2D eigenvalue weighted by atomic mass is 10.1. The molecule has 178 valence electrons. The van der Waals surface area contributed by atoms with E-state index in [0.717, 1.165) is 41.7 Å². The average Bonchev–Trinajstić information content (AvgIpc) is 3.44. The van der Waals surface area contributed by atoms with Crippen LogP contribution in [0.2, 0.25) is 0 Å². The van der Waals surface area contributed by atoms with Gasteiger partial charge in [-0.2, -0.15) is 4.98 Å². The molecule has 2 aromatic carbocycles. The van der Waals surface area contributed by atoms with Gasteiger partial charge in [-0.15, -0.1) is 0 Å². The Hall–Kier alpha value is -4.43. The van der Waals surface area contributed by atoms with Crippen LogP contribution in [0, 0.1) is 0 Å². The van der Waals surface area contributed by atoms with Crippen LogP contribution in [0.1, 0.15) is 15.9 Å². The van der Waals surface area contributed by atoms with Crippen molar-refractivity contribution in [1.82, 2.24) is 29.9 Å². The number of para-hydroxylation sites is 1. The Kier molecular flexibility index (Phi) is 5.93. The Labute approximate surface area is 208 Å². The normalized spacial score (nSPS) is 14.3. The summed E-state index contributed by atoms with van der Waals surface area (Å²) in [5.74, 6) is 1.04. The zero-order chi connectivity index (χ0) is 24.3. The summed E-state index contributed by atoms with van der Waals surface area (Å²) < 4.78 is 5.44. The summed E-state index contributed by atoms with van der Waals surface area (Å²) in [6, 6.07) is 21.7. The fourth-order valence-electron chi connectivity index (χ4n) is 4.49. The largest absolute Gasteiger partial charge is 0.336 e. The van der Waals surface area contributed by atoms with Crippen LogP contribution in [0.3, 0.4) is 0 Å². The zero-order valence-electron chi connectivity index (χ0n) is 19.6. The number of carbonyl (C=O) groups is 1. The second-order valence-corrected chi connectivity index (χ2v) is 8.85. The summed E-state index contributed by atoms with van der Waals surface area (Å²) in [5.41, 5.74) is 4.40. The van der Waals surface area contributed by atoms with Crippen LogP contribution in [0.4, 0.5) is 0 Å². The molecule has 1 aliphatic heterocycles. The van der Waals surface area contributed by atoms with Crippen molar-refractivity contribution in [2.24, 2.45) is 0 Å². The van der Waals surface area contributed by atoms with Gasteiger partial charge in [0.15, 0.2) is 0 Å². The number of nitrogens with zero attached hydrogens (tertiary/aromatic N) is 6. The molecule has 1 saturated heterocycles. The molecule has 8 nitrogen and oxygen atoms in total. The summed E-state index contributed by atoms with van der Waals surface area (Å²) >= 11 is 0. The maximum Gasteiger partial charge on any atom is 0.259 e. The second kappa shape index (κ2) is 9.67. The molecule has 5 aromatic rings. The second-order valence-electron chi connectivity index (χ2n) is 8.85. The highest BCUT2D eigenvalue weighted by Crippen LogP contribution is 2.23. The van der Waals surface area contributed by atoms with Gasteiger partial charge in [0.25, 0.3) is 11.8 Å². The van der Waals surface area contributed by atoms with Crippen LogP contribution in [0.5, 0.6) is 0 Å². The summed E-state index contributed by atoms with van der Waals surface area (Å²) in [5, 5.41) is 5.13. The minimum atomic E-state index is 0.0384. The first-order valence-corrected chi connectivity index (χ1v) is 11.9. The molecule has 0 spiro atoms. The van der Waals surface area contributed by atoms with E-state index in [2.05, 4.69) is 37.1 Å². The lowest BCUT2D eigenvalue weighted by Crippen LogP contribution is -2.48. The van der Waals surface area contributed by atoms with Gasteiger partial charge in [-0.05, 0) is 35.9 Å². The Balaban J connectivity index is 1.09. The number of piperazine rings is 1. The number of pyridine rings is 2. The number of aromatic nitrogens is 4. The smallest absolute Gasteiger partial charge is 0.259 e. The number of amides is 1. The minimum absolute atomic E-state index is 0.0384. The van der Waals surface area contributed by atoms with Gasteiger partial charge < -0.3 is 9.42 Å². The molecule has 0 bridgehead atoms. The van der Waals surface area contributed by atoms with E-state index in [1.165, 1.54) is 5.56 Å². The van der Waals surface area contributed by atoms with Crippen molar-refractivity contribution in [2.45, 2.75) is 6.54 Å². The van der Waals surface area contributed by atoms with Gasteiger partial charge in [0.2, 0.25) is 5.82 Å². The molecule has 6 rings (SSSR count). The Morgan fingerprint density at radius 2 is 1.75 bits per heavy atom. The fraction of sp³-hybridized carbons (Fsp3) is 0.179. The average molecular weight is 477 g/mol. The van der Waals surface area contributed by atoms with E-state index in [1.807, 2.05) is 59.5 Å². The Morgan fingerprint density at radius 1 is 0.889 bits per heavy atom. The standard InChI is InChI=1S/C28H24N6O2/c35-28(24-16-21-6-1-2-9-25(21)30-18-24)34-13-11-33(12-14-34)19-20-5-3-7-22(15-20)26-31-27(36-32-26)23-8-4-10-29-17-23/h1-10,15-18H,11-14,19H2. The molecule has 0 radical (unpaired) electrons. The van der Waals surface area contributed by atoms with Crippen molar-refractivity contribution in [3.8, 4) is 22.8 Å². The van der Waals surface area contributed by atoms with Crippen LogP contribution in [0.15, 0.2) is 89.8 Å². The van der Waals surface area contributed by atoms with Crippen molar-refractivity contribution in [1.29, 1.82) is 0 Å². The van der Waals surface area contributed by atoms with E-state index in [-0.39, 0.29) is 5.91 Å². The highest BCUT2D eigenvalue weighted by molar-refractivity contribution is 5.97. The number of hydrogen-bond donors (Lipinski definition) is 0. The molecular formula is C28H24N6O2. The number of carbonyl (C=O) groups excluding carboxylic acids is 1. The van der Waals surface area contributed by atoms with Crippen molar-refractivity contribution in [3.05, 3.63) is 96.4 Å². The van der Waals surface area contributed by atoms with Gasteiger partial charge in [-0.25, -0.2) is 0 Å². The molecule has 3 aromatic heterocycles. The van der Waals surface area contributed by atoms with Crippen LogP contribution < -0.4 is 0 Å². The van der Waals surface area contributed by atoms with Gasteiger partial charge >= 0.3 is 0 Å². The first kappa shape index (κ1) is 22.1. The highest BCUT2D eigenvalue weighted by Gasteiger charge is 2.23. The van der Waals surface area contributed by atoms with Crippen molar-refractivity contribution in [2.75, 3.05) is 26.2 Å². The lowest BCUT2D eigenvalue weighted by molar-refractivity contribution is 0.0628. The number of rotatable bonds is 5. The van der Waals surface area contributed by atoms with Crippen LogP contribution in [-0.4, -0.2) is 62.0 Å². The molecule has 1 aliphatic rings. The number of hydrogen-bond acceptors (Lipinski definition) is 7. The molecule has 4 heterocycles. The van der Waals surface area contributed by atoms with E-state index in [0.29, 0.717) is 30.4 Å². The Morgan fingerprint density at radius 3 is 2.61 bits per heavy atom. The molecular weight excluding hydrogens is 452 g/mol. The summed E-state index contributed by atoms with van der Waals surface area (Å²) in [6.45, 7) is 3.78. The zero-order valence-corrected chi connectivity index (χ0v) is 19.6. The maximum atomic E-state index is 13.1. The molecule has 0 aliphatic carbocycles. The third-order valence-electron chi connectivity index (χ3n) is 6.42. The molecule has 1 amide bonds. The van der Waals surface area contributed by atoms with Gasteiger partial charge in [-0.1, -0.05) is 41.6 Å². The van der Waals surface area contributed by atoms with Crippen molar-refractivity contribution >= 4 is 16.8 Å². The predicted molar refractivity (Wildman–Crippen MR) is 136 cm³/mol. The van der Waals surface area contributed by atoms with Crippen molar-refractivity contribution in [3.63, 3.8) is 0 Å². The highest BCUT2D eigenvalue weighted by atomic mass is 16.5. The van der Waals surface area contributed by atoms with E-state index < -0.39 is 0 Å². The molecule has 0 saturated carbocycles. The number of fused-ring (bicyclic) bond motifs is 1. The van der Waals surface area contributed by atoms with Crippen molar-refractivity contribution < 1.29 is 9.32 Å². The molecule has 1 fully saturated rings. The first-order valence-electron chi connectivity index (χ1n) is 11.9. The molecule has 0 unspecified atom stereocenters. The van der Waals surface area contributed by atoms with Crippen LogP contribution >= 0.6 is 0 Å². The van der Waals surface area contributed by atoms with E-state index in [9.17, 15) is 4.79 Å². The minimum Gasteiger partial charge on any atom is -0.336 e. The van der Waals surface area contributed by atoms with E-state index in [1.54, 1.807) is 18.6 Å².